The topological polar surface area (TPSA) is 44.4 Å². The Kier molecular flexibility index (Phi) is 8.07. The molecule has 4 nitrogen and oxygen atoms in total. The Balaban J connectivity index is 2.01. The molecule has 1 aliphatic carbocycles. The second-order valence-corrected chi connectivity index (χ2v) is 5.85. The van der Waals surface area contributed by atoms with E-state index in [4.69, 9.17) is 0 Å². The van der Waals surface area contributed by atoms with Crippen LogP contribution in [0.3, 0.4) is 0 Å². The standard InChI is InChI=1S/C15H31N3O/c1-4-7-13(2)17-15(19)12-16-10-11-18(3)14-8-5-6-9-14/h13-14,16H,4-12H2,1-3H3,(H,17,19). The van der Waals surface area contributed by atoms with Crippen LogP contribution in [0.2, 0.25) is 0 Å². The number of likely N-dealkylation sites (N-methyl/N-ethyl adjacent to an activating group) is 1. The number of hydrogen-bond donors (Lipinski definition) is 2. The van der Waals surface area contributed by atoms with E-state index in [1.807, 2.05) is 0 Å². The normalized spacial score (nSPS) is 17.9. The molecular weight excluding hydrogens is 238 g/mol. The van der Waals surface area contributed by atoms with Crippen molar-refractivity contribution in [1.29, 1.82) is 0 Å². The second kappa shape index (κ2) is 9.32. The van der Waals surface area contributed by atoms with E-state index in [-0.39, 0.29) is 5.91 Å². The van der Waals surface area contributed by atoms with Crippen LogP contribution in [-0.2, 0) is 4.79 Å². The van der Waals surface area contributed by atoms with Crippen LogP contribution in [0.25, 0.3) is 0 Å². The van der Waals surface area contributed by atoms with Crippen LogP contribution in [0, 0.1) is 0 Å². The molecule has 0 aromatic heterocycles. The smallest absolute Gasteiger partial charge is 0.234 e. The summed E-state index contributed by atoms with van der Waals surface area (Å²) in [5, 5.41) is 6.24. The largest absolute Gasteiger partial charge is 0.353 e. The molecule has 19 heavy (non-hydrogen) atoms. The van der Waals surface area contributed by atoms with Crippen molar-refractivity contribution < 1.29 is 4.79 Å². The fourth-order valence-corrected chi connectivity index (χ4v) is 2.82. The first kappa shape index (κ1) is 16.4. The summed E-state index contributed by atoms with van der Waals surface area (Å²) < 4.78 is 0. The quantitative estimate of drug-likeness (QED) is 0.627. The maximum atomic E-state index is 11.6. The number of nitrogens with zero attached hydrogens (tertiary/aromatic N) is 1. The predicted octanol–water partition coefficient (Wildman–Crippen LogP) is 1.76. The summed E-state index contributed by atoms with van der Waals surface area (Å²) in [5.74, 6) is 0.115. The van der Waals surface area contributed by atoms with E-state index in [1.54, 1.807) is 0 Å². The lowest BCUT2D eigenvalue weighted by Gasteiger charge is -2.24. The first-order valence-electron chi connectivity index (χ1n) is 7.83. The van der Waals surface area contributed by atoms with Gasteiger partial charge in [0.05, 0.1) is 6.54 Å². The average Bonchev–Trinajstić information content (AvgIpc) is 2.88. The summed E-state index contributed by atoms with van der Waals surface area (Å²) in [6, 6.07) is 1.06. The van der Waals surface area contributed by atoms with Crippen LogP contribution < -0.4 is 10.6 Å². The fraction of sp³-hybridized carbons (Fsp3) is 0.933. The lowest BCUT2D eigenvalue weighted by Crippen LogP contribution is -2.41. The zero-order valence-corrected chi connectivity index (χ0v) is 12.9. The molecule has 112 valence electrons. The number of carbonyl (C=O) groups is 1. The first-order chi connectivity index (χ1) is 9.13. The van der Waals surface area contributed by atoms with E-state index in [1.165, 1.54) is 25.7 Å². The molecule has 1 atom stereocenters. The maximum Gasteiger partial charge on any atom is 0.234 e. The highest BCUT2D eigenvalue weighted by molar-refractivity contribution is 5.78. The van der Waals surface area contributed by atoms with E-state index in [9.17, 15) is 4.79 Å². The molecule has 1 saturated carbocycles. The van der Waals surface area contributed by atoms with Crippen molar-refractivity contribution in [2.75, 3.05) is 26.7 Å². The van der Waals surface area contributed by atoms with Gasteiger partial charge < -0.3 is 15.5 Å². The van der Waals surface area contributed by atoms with Gasteiger partial charge in [-0.2, -0.15) is 0 Å². The van der Waals surface area contributed by atoms with Gasteiger partial charge in [-0.25, -0.2) is 0 Å². The van der Waals surface area contributed by atoms with Gasteiger partial charge in [0.1, 0.15) is 0 Å². The highest BCUT2D eigenvalue weighted by Gasteiger charge is 2.18. The number of amides is 1. The minimum atomic E-state index is 0.115. The molecule has 1 unspecified atom stereocenters. The van der Waals surface area contributed by atoms with Gasteiger partial charge in [-0.3, -0.25) is 4.79 Å². The zero-order chi connectivity index (χ0) is 14.1. The van der Waals surface area contributed by atoms with E-state index < -0.39 is 0 Å². The molecule has 1 aliphatic rings. The summed E-state index contributed by atoms with van der Waals surface area (Å²) in [6.07, 6.45) is 7.59. The number of carbonyl (C=O) groups excluding carboxylic acids is 1. The molecule has 0 aliphatic heterocycles. The van der Waals surface area contributed by atoms with Crippen molar-refractivity contribution in [1.82, 2.24) is 15.5 Å². The summed E-state index contributed by atoms with van der Waals surface area (Å²) in [5.41, 5.74) is 0. The summed E-state index contributed by atoms with van der Waals surface area (Å²) >= 11 is 0. The minimum Gasteiger partial charge on any atom is -0.353 e. The Hall–Kier alpha value is -0.610. The molecule has 0 aromatic carbocycles. The van der Waals surface area contributed by atoms with E-state index in [0.717, 1.165) is 32.0 Å². The van der Waals surface area contributed by atoms with Gasteiger partial charge in [0.15, 0.2) is 0 Å². The molecule has 1 amide bonds. The number of rotatable bonds is 9. The molecule has 0 heterocycles. The third-order valence-electron chi connectivity index (χ3n) is 4.00. The van der Waals surface area contributed by atoms with Crippen LogP contribution in [0.4, 0.5) is 0 Å². The third kappa shape index (κ3) is 6.92. The molecule has 2 N–H and O–H groups in total. The summed E-state index contributed by atoms with van der Waals surface area (Å²) in [7, 11) is 2.20. The van der Waals surface area contributed by atoms with Crippen molar-refractivity contribution in [2.45, 2.75) is 64.5 Å². The third-order valence-corrected chi connectivity index (χ3v) is 4.00. The SMILES string of the molecule is CCCC(C)NC(=O)CNCCN(C)C1CCCC1. The zero-order valence-electron chi connectivity index (χ0n) is 12.9. The average molecular weight is 269 g/mol. The van der Waals surface area contributed by atoms with Crippen molar-refractivity contribution in [3.63, 3.8) is 0 Å². The molecular formula is C15H31N3O. The van der Waals surface area contributed by atoms with Crippen LogP contribution in [0.15, 0.2) is 0 Å². The lowest BCUT2D eigenvalue weighted by atomic mass is 10.2. The van der Waals surface area contributed by atoms with Crippen LogP contribution in [0.5, 0.6) is 0 Å². The molecule has 4 heteroatoms. The monoisotopic (exact) mass is 269 g/mol. The first-order valence-corrected chi connectivity index (χ1v) is 7.83. The van der Waals surface area contributed by atoms with Gasteiger partial charge >= 0.3 is 0 Å². The molecule has 0 spiro atoms. The predicted molar refractivity (Wildman–Crippen MR) is 80.3 cm³/mol. The Morgan fingerprint density at radius 3 is 2.68 bits per heavy atom. The lowest BCUT2D eigenvalue weighted by molar-refractivity contribution is -0.120. The Morgan fingerprint density at radius 1 is 1.37 bits per heavy atom. The second-order valence-electron chi connectivity index (χ2n) is 5.85. The van der Waals surface area contributed by atoms with Gasteiger partial charge in [-0.05, 0) is 33.2 Å². The van der Waals surface area contributed by atoms with Crippen LogP contribution >= 0.6 is 0 Å². The van der Waals surface area contributed by atoms with Crippen molar-refractivity contribution in [2.24, 2.45) is 0 Å². The molecule has 0 saturated heterocycles. The number of hydrogen-bond acceptors (Lipinski definition) is 3. The van der Waals surface area contributed by atoms with Crippen molar-refractivity contribution in [3.05, 3.63) is 0 Å². The molecule has 0 radical (unpaired) electrons. The summed E-state index contributed by atoms with van der Waals surface area (Å²) in [6.45, 7) is 6.56. The van der Waals surface area contributed by atoms with Gasteiger partial charge in [0.2, 0.25) is 5.91 Å². The van der Waals surface area contributed by atoms with Crippen molar-refractivity contribution >= 4 is 5.91 Å². The van der Waals surface area contributed by atoms with Crippen LogP contribution in [0.1, 0.15) is 52.4 Å². The molecule has 0 bridgehead atoms. The van der Waals surface area contributed by atoms with E-state index >= 15 is 0 Å². The Bertz CT molecular complexity index is 252. The molecule has 1 fully saturated rings. The highest BCUT2D eigenvalue weighted by Crippen LogP contribution is 2.21. The van der Waals surface area contributed by atoms with Crippen molar-refractivity contribution in [3.8, 4) is 0 Å². The fourth-order valence-electron chi connectivity index (χ4n) is 2.82. The van der Waals surface area contributed by atoms with Gasteiger partial charge in [-0.15, -0.1) is 0 Å². The van der Waals surface area contributed by atoms with Crippen LogP contribution in [-0.4, -0.2) is 49.6 Å². The van der Waals surface area contributed by atoms with E-state index in [0.29, 0.717) is 12.6 Å². The minimum absolute atomic E-state index is 0.115. The molecule has 0 aromatic rings. The Morgan fingerprint density at radius 2 is 2.05 bits per heavy atom. The van der Waals surface area contributed by atoms with Gasteiger partial charge in [-0.1, -0.05) is 26.2 Å². The van der Waals surface area contributed by atoms with Gasteiger partial charge in [0.25, 0.3) is 0 Å². The number of nitrogens with one attached hydrogen (secondary N) is 2. The highest BCUT2D eigenvalue weighted by atomic mass is 16.1. The van der Waals surface area contributed by atoms with Gasteiger partial charge in [0, 0.05) is 25.2 Å². The van der Waals surface area contributed by atoms with E-state index in [2.05, 4.69) is 36.4 Å². The Labute approximate surface area is 118 Å². The maximum absolute atomic E-state index is 11.6. The summed E-state index contributed by atoms with van der Waals surface area (Å²) in [4.78, 5) is 14.1. The molecule has 1 rings (SSSR count).